The fourth-order valence-electron chi connectivity index (χ4n) is 1.59. The molecule has 0 atom stereocenters. The summed E-state index contributed by atoms with van der Waals surface area (Å²) in [6.07, 6.45) is 1.54. The Morgan fingerprint density at radius 2 is 1.71 bits per heavy atom. The summed E-state index contributed by atoms with van der Waals surface area (Å²) >= 11 is 0. The summed E-state index contributed by atoms with van der Waals surface area (Å²) < 4.78 is 0. The number of carbonyl (C=O) groups excluding carboxylic acids is 1. The van der Waals surface area contributed by atoms with Crippen LogP contribution in [0.4, 0.5) is 5.69 Å². The van der Waals surface area contributed by atoms with Gasteiger partial charge in [0.25, 0.3) is 0 Å². The molecule has 0 aliphatic heterocycles. The van der Waals surface area contributed by atoms with Gasteiger partial charge in [-0.15, -0.1) is 0 Å². The first kappa shape index (κ1) is 13.8. The van der Waals surface area contributed by atoms with Crippen molar-refractivity contribution in [1.82, 2.24) is 0 Å². The van der Waals surface area contributed by atoms with Crippen molar-refractivity contribution in [2.45, 2.75) is 46.5 Å². The fraction of sp³-hybridized carbons (Fsp3) is 0.533. The van der Waals surface area contributed by atoms with Gasteiger partial charge in [0, 0.05) is 12.1 Å². The van der Waals surface area contributed by atoms with Crippen molar-refractivity contribution in [3.8, 4) is 0 Å². The van der Waals surface area contributed by atoms with Crippen LogP contribution in [0, 0.1) is 5.92 Å². The number of hydrogen-bond donors (Lipinski definition) is 1. The minimum Gasteiger partial charge on any atom is -0.326 e. The molecule has 0 saturated heterocycles. The summed E-state index contributed by atoms with van der Waals surface area (Å²) in [4.78, 5) is 11.6. The van der Waals surface area contributed by atoms with Crippen molar-refractivity contribution in [3.05, 3.63) is 29.8 Å². The Morgan fingerprint density at radius 3 is 2.18 bits per heavy atom. The molecule has 17 heavy (non-hydrogen) atoms. The van der Waals surface area contributed by atoms with Crippen molar-refractivity contribution in [2.75, 3.05) is 5.32 Å². The molecule has 0 bridgehead atoms. The summed E-state index contributed by atoms with van der Waals surface area (Å²) in [5.41, 5.74) is 2.19. The number of hydrogen-bond acceptors (Lipinski definition) is 1. The second kappa shape index (κ2) is 6.43. The van der Waals surface area contributed by atoms with Gasteiger partial charge >= 0.3 is 0 Å². The van der Waals surface area contributed by atoms with Gasteiger partial charge < -0.3 is 5.32 Å². The maximum atomic E-state index is 11.6. The average molecular weight is 233 g/mol. The molecule has 0 radical (unpaired) electrons. The fourth-order valence-corrected chi connectivity index (χ4v) is 1.59. The van der Waals surface area contributed by atoms with E-state index in [1.54, 1.807) is 0 Å². The molecule has 2 nitrogen and oxygen atoms in total. The van der Waals surface area contributed by atoms with E-state index >= 15 is 0 Å². The lowest BCUT2D eigenvalue weighted by molar-refractivity contribution is -0.116. The Bertz CT molecular complexity index is 352. The van der Waals surface area contributed by atoms with Crippen LogP contribution in [0.1, 0.15) is 52.0 Å². The first-order valence-electron chi connectivity index (χ1n) is 6.39. The van der Waals surface area contributed by atoms with Crippen LogP contribution in [-0.4, -0.2) is 5.91 Å². The molecule has 1 aromatic rings. The molecule has 0 aromatic heterocycles. The predicted molar refractivity (Wildman–Crippen MR) is 73.2 cm³/mol. The number of benzene rings is 1. The maximum absolute atomic E-state index is 11.6. The highest BCUT2D eigenvalue weighted by atomic mass is 16.1. The van der Waals surface area contributed by atoms with Crippen molar-refractivity contribution in [1.29, 1.82) is 0 Å². The van der Waals surface area contributed by atoms with Crippen LogP contribution >= 0.6 is 0 Å². The third kappa shape index (κ3) is 5.03. The van der Waals surface area contributed by atoms with Gasteiger partial charge in [0.05, 0.1) is 0 Å². The van der Waals surface area contributed by atoms with Gasteiger partial charge in [-0.05, 0) is 36.0 Å². The Morgan fingerprint density at radius 1 is 1.12 bits per heavy atom. The SMILES string of the molecule is CC(C)CCC(=O)Nc1ccc(C(C)C)cc1. The number of rotatable bonds is 5. The van der Waals surface area contributed by atoms with Gasteiger partial charge in [-0.2, -0.15) is 0 Å². The summed E-state index contributed by atoms with van der Waals surface area (Å²) in [7, 11) is 0. The molecule has 0 saturated carbocycles. The highest BCUT2D eigenvalue weighted by molar-refractivity contribution is 5.90. The highest BCUT2D eigenvalue weighted by Crippen LogP contribution is 2.17. The van der Waals surface area contributed by atoms with Crippen LogP contribution in [-0.2, 0) is 4.79 Å². The highest BCUT2D eigenvalue weighted by Gasteiger charge is 2.04. The first-order chi connectivity index (χ1) is 7.99. The summed E-state index contributed by atoms with van der Waals surface area (Å²) in [5, 5.41) is 2.92. The molecule has 1 amide bonds. The molecule has 0 aliphatic rings. The van der Waals surface area contributed by atoms with Crippen molar-refractivity contribution in [2.24, 2.45) is 5.92 Å². The van der Waals surface area contributed by atoms with E-state index in [-0.39, 0.29) is 5.91 Å². The molecule has 2 heteroatoms. The van der Waals surface area contributed by atoms with Gasteiger partial charge in [-0.3, -0.25) is 4.79 Å². The molecule has 1 aromatic carbocycles. The smallest absolute Gasteiger partial charge is 0.224 e. The summed E-state index contributed by atoms with van der Waals surface area (Å²) in [6, 6.07) is 8.09. The molecule has 1 N–H and O–H groups in total. The van der Waals surface area contributed by atoms with E-state index in [2.05, 4.69) is 45.1 Å². The summed E-state index contributed by atoms with van der Waals surface area (Å²) in [5.74, 6) is 1.21. The zero-order chi connectivity index (χ0) is 12.8. The second-order valence-corrected chi connectivity index (χ2v) is 5.26. The lowest BCUT2D eigenvalue weighted by Gasteiger charge is -2.09. The Hall–Kier alpha value is -1.31. The largest absolute Gasteiger partial charge is 0.326 e. The quantitative estimate of drug-likeness (QED) is 0.812. The number of anilines is 1. The molecule has 0 unspecified atom stereocenters. The molecular weight excluding hydrogens is 210 g/mol. The van der Waals surface area contributed by atoms with Gasteiger partial charge in [0.2, 0.25) is 5.91 Å². The van der Waals surface area contributed by atoms with Gasteiger partial charge in [0.15, 0.2) is 0 Å². The minimum atomic E-state index is 0.107. The van der Waals surface area contributed by atoms with Crippen molar-refractivity contribution in [3.63, 3.8) is 0 Å². The molecule has 1 rings (SSSR count). The van der Waals surface area contributed by atoms with Crippen LogP contribution in [0.25, 0.3) is 0 Å². The predicted octanol–water partition coefficient (Wildman–Crippen LogP) is 4.18. The minimum absolute atomic E-state index is 0.107. The van der Waals surface area contributed by atoms with E-state index in [1.807, 2.05) is 12.1 Å². The van der Waals surface area contributed by atoms with Crippen LogP contribution in [0.15, 0.2) is 24.3 Å². The van der Waals surface area contributed by atoms with Crippen molar-refractivity contribution < 1.29 is 4.79 Å². The van der Waals surface area contributed by atoms with Crippen LogP contribution in [0.5, 0.6) is 0 Å². The lowest BCUT2D eigenvalue weighted by atomic mass is 10.0. The standard InChI is InChI=1S/C15H23NO/c1-11(2)5-10-15(17)16-14-8-6-13(7-9-14)12(3)4/h6-9,11-12H,5,10H2,1-4H3,(H,16,17). The topological polar surface area (TPSA) is 29.1 Å². The third-order valence-electron chi connectivity index (χ3n) is 2.81. The van der Waals surface area contributed by atoms with E-state index in [0.717, 1.165) is 12.1 Å². The van der Waals surface area contributed by atoms with E-state index in [4.69, 9.17) is 0 Å². The Labute approximate surface area is 104 Å². The third-order valence-corrected chi connectivity index (χ3v) is 2.81. The van der Waals surface area contributed by atoms with Gasteiger partial charge in [-0.25, -0.2) is 0 Å². The number of nitrogens with one attached hydrogen (secondary N) is 1. The maximum Gasteiger partial charge on any atom is 0.224 e. The molecule has 0 heterocycles. The molecule has 94 valence electrons. The second-order valence-electron chi connectivity index (χ2n) is 5.26. The average Bonchev–Trinajstić information content (AvgIpc) is 2.27. The first-order valence-corrected chi connectivity index (χ1v) is 6.39. The molecular formula is C15H23NO. The van der Waals surface area contributed by atoms with Crippen LogP contribution in [0.2, 0.25) is 0 Å². The number of carbonyl (C=O) groups is 1. The molecule has 0 fully saturated rings. The molecule has 0 spiro atoms. The van der Waals surface area contributed by atoms with Gasteiger partial charge in [-0.1, -0.05) is 39.8 Å². The van der Waals surface area contributed by atoms with E-state index in [9.17, 15) is 4.79 Å². The normalized spacial score (nSPS) is 10.9. The lowest BCUT2D eigenvalue weighted by Crippen LogP contribution is -2.12. The monoisotopic (exact) mass is 233 g/mol. The Balaban J connectivity index is 2.48. The van der Waals surface area contributed by atoms with Crippen LogP contribution in [0.3, 0.4) is 0 Å². The summed E-state index contributed by atoms with van der Waals surface area (Å²) in [6.45, 7) is 8.59. The number of amides is 1. The van der Waals surface area contributed by atoms with E-state index < -0.39 is 0 Å². The van der Waals surface area contributed by atoms with E-state index in [0.29, 0.717) is 18.3 Å². The zero-order valence-corrected chi connectivity index (χ0v) is 11.3. The Kier molecular flexibility index (Phi) is 5.20. The van der Waals surface area contributed by atoms with Crippen molar-refractivity contribution >= 4 is 11.6 Å². The van der Waals surface area contributed by atoms with Gasteiger partial charge in [0.1, 0.15) is 0 Å². The van der Waals surface area contributed by atoms with E-state index in [1.165, 1.54) is 5.56 Å². The molecule has 0 aliphatic carbocycles. The van der Waals surface area contributed by atoms with Crippen LogP contribution < -0.4 is 5.32 Å². The zero-order valence-electron chi connectivity index (χ0n) is 11.3.